The zero-order chi connectivity index (χ0) is 10.8. The van der Waals surface area contributed by atoms with Gasteiger partial charge in [-0.15, -0.1) is 0 Å². The number of primary sulfonamides is 1. The third kappa shape index (κ3) is 3.05. The predicted molar refractivity (Wildman–Crippen MR) is 61.1 cm³/mol. The first-order valence-electron chi connectivity index (χ1n) is 4.22. The highest BCUT2D eigenvalue weighted by Crippen LogP contribution is 2.25. The van der Waals surface area contributed by atoms with Crippen molar-refractivity contribution in [1.29, 1.82) is 5.26 Å². The molecule has 5 nitrogen and oxygen atoms in total. The number of alkyl halides is 1. The summed E-state index contributed by atoms with van der Waals surface area (Å²) in [6.45, 7) is 0.979. The van der Waals surface area contributed by atoms with Crippen molar-refractivity contribution in [2.75, 3.05) is 13.1 Å². The van der Waals surface area contributed by atoms with Crippen LogP contribution in [0.2, 0.25) is 0 Å². The van der Waals surface area contributed by atoms with E-state index in [0.717, 1.165) is 0 Å². The first-order valence-corrected chi connectivity index (χ1v) is 7.07. The second-order valence-electron chi connectivity index (χ2n) is 3.30. The van der Waals surface area contributed by atoms with Gasteiger partial charge in [-0.2, -0.15) is 5.26 Å². The fraction of sp³-hybridized carbons (Fsp3) is 0.857. The normalized spacial score (nSPS) is 29.8. The van der Waals surface area contributed by atoms with E-state index in [0.29, 0.717) is 25.9 Å². The molecule has 0 amide bonds. The minimum absolute atomic E-state index is 0.0873. The minimum atomic E-state index is -3.41. The number of likely N-dealkylation sites (tertiary alicyclic amines) is 1. The first-order chi connectivity index (χ1) is 6.45. The lowest BCUT2D eigenvalue weighted by molar-refractivity contribution is 0.242. The molecule has 0 aromatic heterocycles. The lowest BCUT2D eigenvalue weighted by Gasteiger charge is -2.33. The van der Waals surface area contributed by atoms with Crippen molar-refractivity contribution in [1.82, 2.24) is 4.90 Å². The average molecular weight is 329 g/mol. The summed E-state index contributed by atoms with van der Waals surface area (Å²) < 4.78 is 22.3. The summed E-state index contributed by atoms with van der Waals surface area (Å²) in [4.78, 5) is 1.96. The number of halogens is 1. The SMILES string of the molecule is N#CCN1CCC(S(N)(=O)=O)CC1I. The van der Waals surface area contributed by atoms with E-state index in [9.17, 15) is 8.42 Å². The highest BCUT2D eigenvalue weighted by atomic mass is 127. The molecule has 0 aromatic carbocycles. The smallest absolute Gasteiger partial charge is 0.212 e. The third-order valence-electron chi connectivity index (χ3n) is 2.33. The molecular formula is C7H12IN3O2S. The Kier molecular flexibility index (Phi) is 4.12. The van der Waals surface area contributed by atoms with E-state index in [-0.39, 0.29) is 4.05 Å². The van der Waals surface area contributed by atoms with Crippen LogP contribution in [-0.2, 0) is 10.0 Å². The second kappa shape index (κ2) is 4.74. The molecule has 0 bridgehead atoms. The molecule has 2 N–H and O–H groups in total. The topological polar surface area (TPSA) is 87.2 Å². The summed E-state index contributed by atoms with van der Waals surface area (Å²) in [7, 11) is -3.41. The van der Waals surface area contributed by atoms with E-state index in [4.69, 9.17) is 10.4 Å². The molecule has 1 fully saturated rings. The number of hydrogen-bond donors (Lipinski definition) is 1. The van der Waals surface area contributed by atoms with Crippen molar-refractivity contribution in [3.63, 3.8) is 0 Å². The quantitative estimate of drug-likeness (QED) is 0.335. The molecule has 2 unspecified atom stereocenters. The highest BCUT2D eigenvalue weighted by molar-refractivity contribution is 14.1. The summed E-state index contributed by atoms with van der Waals surface area (Å²) in [6.07, 6.45) is 1.04. The molecule has 1 saturated heterocycles. The van der Waals surface area contributed by atoms with Gasteiger partial charge in [-0.1, -0.05) is 22.6 Å². The van der Waals surface area contributed by atoms with Crippen molar-refractivity contribution in [2.24, 2.45) is 5.14 Å². The number of hydrogen-bond acceptors (Lipinski definition) is 4. The Morgan fingerprint density at radius 3 is 2.71 bits per heavy atom. The fourth-order valence-electron chi connectivity index (χ4n) is 1.50. The lowest BCUT2D eigenvalue weighted by atomic mass is 10.1. The molecule has 7 heteroatoms. The zero-order valence-corrected chi connectivity index (χ0v) is 10.5. The second-order valence-corrected chi connectivity index (χ2v) is 6.58. The van der Waals surface area contributed by atoms with Crippen molar-refractivity contribution < 1.29 is 8.42 Å². The molecule has 1 rings (SSSR count). The first kappa shape index (κ1) is 12.2. The number of sulfonamides is 1. The van der Waals surface area contributed by atoms with Gasteiger partial charge < -0.3 is 0 Å². The van der Waals surface area contributed by atoms with Crippen molar-refractivity contribution in [2.45, 2.75) is 22.1 Å². The Hall–Kier alpha value is 0.0900. The Labute approximate surface area is 97.4 Å². The van der Waals surface area contributed by atoms with Crippen LogP contribution in [0.3, 0.4) is 0 Å². The van der Waals surface area contributed by atoms with Crippen molar-refractivity contribution >= 4 is 32.6 Å². The van der Waals surface area contributed by atoms with Crippen LogP contribution in [0.25, 0.3) is 0 Å². The fourth-order valence-corrected chi connectivity index (χ4v) is 3.82. The average Bonchev–Trinajstić information content (AvgIpc) is 2.07. The number of nitriles is 1. The molecule has 1 aliphatic heterocycles. The number of nitrogens with two attached hydrogens (primary N) is 1. The van der Waals surface area contributed by atoms with Crippen LogP contribution in [0.15, 0.2) is 0 Å². The molecule has 2 atom stereocenters. The largest absolute Gasteiger partial charge is 0.278 e. The van der Waals surface area contributed by atoms with Crippen LogP contribution in [0.4, 0.5) is 0 Å². The summed E-state index contributed by atoms with van der Waals surface area (Å²) in [5, 5.41) is 13.2. The number of rotatable bonds is 2. The standard InChI is InChI=1S/C7H12IN3O2S/c8-7-5-6(14(10,12)13)1-3-11(7)4-2-9/h6-7H,1,3-5H2,(H2,10,12,13). The van der Waals surface area contributed by atoms with Gasteiger partial charge in [-0.3, -0.25) is 4.90 Å². The predicted octanol–water partition coefficient (Wildman–Crippen LogP) is 0.0240. The van der Waals surface area contributed by atoms with Crippen molar-refractivity contribution in [3.05, 3.63) is 0 Å². The molecular weight excluding hydrogens is 317 g/mol. The Balaban J connectivity index is 2.60. The Morgan fingerprint density at radius 2 is 2.29 bits per heavy atom. The third-order valence-corrected chi connectivity index (χ3v) is 4.98. The number of nitrogens with zero attached hydrogens (tertiary/aromatic N) is 2. The minimum Gasteiger partial charge on any atom is -0.278 e. The molecule has 0 aliphatic carbocycles. The maximum Gasteiger partial charge on any atom is 0.212 e. The molecule has 0 saturated carbocycles. The van der Waals surface area contributed by atoms with Crippen LogP contribution < -0.4 is 5.14 Å². The van der Waals surface area contributed by atoms with Gasteiger partial charge in [0.15, 0.2) is 0 Å². The van der Waals surface area contributed by atoms with Crippen LogP contribution in [-0.4, -0.2) is 35.7 Å². The van der Waals surface area contributed by atoms with Gasteiger partial charge in [0.05, 0.1) is 21.9 Å². The van der Waals surface area contributed by atoms with Gasteiger partial charge in [0.2, 0.25) is 10.0 Å². The van der Waals surface area contributed by atoms with E-state index in [1.54, 1.807) is 0 Å². The molecule has 14 heavy (non-hydrogen) atoms. The van der Waals surface area contributed by atoms with Crippen molar-refractivity contribution in [3.8, 4) is 6.07 Å². The Morgan fingerprint density at radius 1 is 1.64 bits per heavy atom. The van der Waals surface area contributed by atoms with Gasteiger partial charge in [0.25, 0.3) is 0 Å². The van der Waals surface area contributed by atoms with Gasteiger partial charge in [-0.25, -0.2) is 13.6 Å². The Bertz CT molecular complexity index is 337. The van der Waals surface area contributed by atoms with Gasteiger partial charge in [0.1, 0.15) is 0 Å². The van der Waals surface area contributed by atoms with Gasteiger partial charge in [-0.05, 0) is 12.8 Å². The van der Waals surface area contributed by atoms with E-state index in [1.807, 2.05) is 4.90 Å². The molecule has 0 radical (unpaired) electrons. The van der Waals surface area contributed by atoms with E-state index in [1.165, 1.54) is 0 Å². The van der Waals surface area contributed by atoms with E-state index >= 15 is 0 Å². The van der Waals surface area contributed by atoms with Crippen LogP contribution in [0.5, 0.6) is 0 Å². The maximum atomic E-state index is 11.1. The summed E-state index contributed by atoms with van der Waals surface area (Å²) in [5.74, 6) is 0. The van der Waals surface area contributed by atoms with E-state index in [2.05, 4.69) is 28.7 Å². The molecule has 80 valence electrons. The molecule has 0 spiro atoms. The molecule has 1 aliphatic rings. The van der Waals surface area contributed by atoms with E-state index < -0.39 is 15.3 Å². The molecule has 0 aromatic rings. The van der Waals surface area contributed by atoms with Gasteiger partial charge in [0, 0.05) is 6.54 Å². The van der Waals surface area contributed by atoms with Crippen LogP contribution in [0.1, 0.15) is 12.8 Å². The van der Waals surface area contributed by atoms with Gasteiger partial charge >= 0.3 is 0 Å². The van der Waals surface area contributed by atoms with Crippen LogP contribution >= 0.6 is 22.6 Å². The number of piperidine rings is 1. The molecule has 1 heterocycles. The monoisotopic (exact) mass is 329 g/mol. The summed E-state index contributed by atoms with van der Waals surface area (Å²) in [5.41, 5.74) is 0. The lowest BCUT2D eigenvalue weighted by Crippen LogP contribution is -2.45. The maximum absolute atomic E-state index is 11.1. The summed E-state index contributed by atoms with van der Waals surface area (Å²) >= 11 is 2.15. The summed E-state index contributed by atoms with van der Waals surface area (Å²) in [6, 6.07) is 2.06. The highest BCUT2D eigenvalue weighted by Gasteiger charge is 2.32. The zero-order valence-electron chi connectivity index (χ0n) is 7.56. The van der Waals surface area contributed by atoms with Crippen LogP contribution in [0, 0.1) is 11.3 Å².